The summed E-state index contributed by atoms with van der Waals surface area (Å²) >= 11 is 0. The fourth-order valence-electron chi connectivity index (χ4n) is 2.93. The number of aromatic nitrogens is 2. The van der Waals surface area contributed by atoms with Gasteiger partial charge in [-0.1, -0.05) is 13.8 Å². The van der Waals surface area contributed by atoms with E-state index in [2.05, 4.69) is 4.98 Å². The molecule has 0 aromatic carbocycles. The van der Waals surface area contributed by atoms with Gasteiger partial charge in [0, 0.05) is 18.2 Å². The van der Waals surface area contributed by atoms with Crippen LogP contribution in [0.15, 0.2) is 21.9 Å². The number of nitrogens with one attached hydrogen (secondary N) is 1. The average molecular weight is 286 g/mol. The van der Waals surface area contributed by atoms with Gasteiger partial charge in [0.2, 0.25) is 0 Å². The Hall–Kier alpha value is -1.47. The molecule has 1 aliphatic heterocycles. The summed E-state index contributed by atoms with van der Waals surface area (Å²) in [6, 6.07) is 1.14. The van der Waals surface area contributed by atoms with E-state index in [0.29, 0.717) is 6.42 Å². The van der Waals surface area contributed by atoms with Gasteiger partial charge in [-0.15, -0.1) is 0 Å². The number of halogens is 1. The molecule has 1 aromatic rings. The predicted octanol–water partition coefficient (Wildman–Crippen LogP) is 0.569. The molecule has 6 nitrogen and oxygen atoms in total. The summed E-state index contributed by atoms with van der Waals surface area (Å²) in [5.74, 6) is -0.573. The molecule has 0 saturated carbocycles. The summed E-state index contributed by atoms with van der Waals surface area (Å²) in [5.41, 5.74) is -2.32. The van der Waals surface area contributed by atoms with E-state index in [4.69, 9.17) is 4.74 Å². The number of H-pyrrole nitrogens is 1. The molecule has 1 unspecified atom stereocenters. The lowest BCUT2D eigenvalue weighted by Gasteiger charge is -2.34. The lowest BCUT2D eigenvalue weighted by molar-refractivity contribution is -0.146. The third-order valence-corrected chi connectivity index (χ3v) is 4.25. The van der Waals surface area contributed by atoms with Crippen LogP contribution in [0.25, 0.3) is 0 Å². The topological polar surface area (TPSA) is 84.3 Å². The molecule has 2 N–H and O–H groups in total. The second kappa shape index (κ2) is 5.14. The van der Waals surface area contributed by atoms with E-state index >= 15 is 0 Å². The molecule has 5 atom stereocenters. The Bertz CT molecular complexity index is 597. The van der Waals surface area contributed by atoms with E-state index in [-0.39, 0.29) is 0 Å². The number of rotatable bonds is 3. The summed E-state index contributed by atoms with van der Waals surface area (Å²) in [6.07, 6.45) is -1.85. The first-order valence-corrected chi connectivity index (χ1v) is 6.65. The van der Waals surface area contributed by atoms with Crippen molar-refractivity contribution in [2.45, 2.75) is 51.3 Å². The van der Waals surface area contributed by atoms with Crippen LogP contribution in [0.2, 0.25) is 0 Å². The van der Waals surface area contributed by atoms with Crippen molar-refractivity contribution in [3.63, 3.8) is 0 Å². The van der Waals surface area contributed by atoms with Gasteiger partial charge in [-0.2, -0.15) is 0 Å². The van der Waals surface area contributed by atoms with Crippen LogP contribution in [0.5, 0.6) is 0 Å². The first-order chi connectivity index (χ1) is 9.33. The monoisotopic (exact) mass is 286 g/mol. The van der Waals surface area contributed by atoms with Crippen molar-refractivity contribution < 1.29 is 14.2 Å². The van der Waals surface area contributed by atoms with E-state index in [1.807, 2.05) is 0 Å². The third-order valence-electron chi connectivity index (χ3n) is 4.25. The number of aliphatic hydroxyl groups is 1. The molecule has 2 heterocycles. The highest BCUT2D eigenvalue weighted by atomic mass is 19.1. The van der Waals surface area contributed by atoms with E-state index < -0.39 is 41.3 Å². The third kappa shape index (κ3) is 2.10. The van der Waals surface area contributed by atoms with Crippen LogP contribution in [0, 0.1) is 5.92 Å². The minimum atomic E-state index is -1.45. The maximum absolute atomic E-state index is 14.5. The summed E-state index contributed by atoms with van der Waals surface area (Å²) < 4.78 is 21.2. The van der Waals surface area contributed by atoms with Crippen molar-refractivity contribution in [3.05, 3.63) is 33.1 Å². The van der Waals surface area contributed by atoms with Gasteiger partial charge in [-0.25, -0.2) is 9.18 Å². The van der Waals surface area contributed by atoms with Crippen LogP contribution in [-0.2, 0) is 4.74 Å². The van der Waals surface area contributed by atoms with E-state index in [1.54, 1.807) is 20.8 Å². The Kier molecular flexibility index (Phi) is 3.84. The Morgan fingerprint density at radius 2 is 2.25 bits per heavy atom. The van der Waals surface area contributed by atoms with E-state index in [0.717, 1.165) is 10.6 Å². The van der Waals surface area contributed by atoms with Gasteiger partial charge in [0.25, 0.3) is 5.56 Å². The summed E-state index contributed by atoms with van der Waals surface area (Å²) in [5, 5.41) is 9.93. The molecule has 0 amide bonds. The molecular weight excluding hydrogens is 267 g/mol. The predicted molar refractivity (Wildman–Crippen MR) is 70.2 cm³/mol. The van der Waals surface area contributed by atoms with Crippen LogP contribution in [-0.4, -0.2) is 32.5 Å². The normalized spacial score (nSPS) is 35.1. The molecule has 1 saturated heterocycles. The number of alkyl halides is 1. The van der Waals surface area contributed by atoms with E-state index in [9.17, 15) is 19.1 Å². The highest BCUT2D eigenvalue weighted by Gasteiger charge is 2.55. The summed E-state index contributed by atoms with van der Waals surface area (Å²) in [4.78, 5) is 24.9. The fraction of sp³-hybridized carbons (Fsp3) is 0.692. The first kappa shape index (κ1) is 14.9. The Balaban J connectivity index is 2.45. The lowest BCUT2D eigenvalue weighted by atomic mass is 9.81. The summed E-state index contributed by atoms with van der Waals surface area (Å²) in [6.45, 7) is 5.00. The molecule has 7 heteroatoms. The number of hydrogen-bond acceptors (Lipinski definition) is 4. The van der Waals surface area contributed by atoms with Crippen molar-refractivity contribution in [1.82, 2.24) is 9.55 Å². The van der Waals surface area contributed by atoms with Gasteiger partial charge in [0.1, 0.15) is 5.60 Å². The maximum atomic E-state index is 14.5. The van der Waals surface area contributed by atoms with Crippen LogP contribution in [0.3, 0.4) is 0 Å². The standard InChI is InChI=1S/C13H19FN2O4/c1-4-13(8(3)17)7(2)10(14)11(20-13)16-6-5-9(18)15-12(16)19/h5-8,10-11,17H,4H2,1-3H3,(H,15,18,19)/t7-,8?,10+,11+,13+/m0/s1. The number of hydrogen-bond donors (Lipinski definition) is 2. The summed E-state index contributed by atoms with van der Waals surface area (Å²) in [7, 11) is 0. The average Bonchev–Trinajstić information content (AvgIpc) is 2.64. The molecule has 1 fully saturated rings. The quantitative estimate of drug-likeness (QED) is 0.850. The minimum absolute atomic E-state index is 0.418. The molecule has 112 valence electrons. The number of nitrogens with zero attached hydrogens (tertiary/aromatic N) is 1. The van der Waals surface area contributed by atoms with Crippen molar-refractivity contribution in [2.75, 3.05) is 0 Å². The Morgan fingerprint density at radius 1 is 1.60 bits per heavy atom. The van der Waals surface area contributed by atoms with Crippen molar-refractivity contribution in [2.24, 2.45) is 5.92 Å². The second-order valence-electron chi connectivity index (χ2n) is 5.24. The zero-order valence-electron chi connectivity index (χ0n) is 11.7. The lowest BCUT2D eigenvalue weighted by Crippen LogP contribution is -2.45. The zero-order chi connectivity index (χ0) is 15.1. The molecule has 2 rings (SSSR count). The number of aliphatic hydroxyl groups excluding tert-OH is 1. The molecule has 1 aliphatic rings. The van der Waals surface area contributed by atoms with Gasteiger partial charge in [0.15, 0.2) is 12.4 Å². The fourth-order valence-corrected chi connectivity index (χ4v) is 2.93. The largest absolute Gasteiger partial charge is 0.390 e. The maximum Gasteiger partial charge on any atom is 0.330 e. The van der Waals surface area contributed by atoms with Crippen LogP contribution in [0.1, 0.15) is 33.4 Å². The highest BCUT2D eigenvalue weighted by Crippen LogP contribution is 2.46. The zero-order valence-corrected chi connectivity index (χ0v) is 11.7. The molecule has 1 aromatic heterocycles. The minimum Gasteiger partial charge on any atom is -0.390 e. The molecular formula is C13H19FN2O4. The Labute approximate surface area is 115 Å². The molecule has 20 heavy (non-hydrogen) atoms. The van der Waals surface area contributed by atoms with E-state index in [1.165, 1.54) is 6.20 Å². The van der Waals surface area contributed by atoms with Crippen molar-refractivity contribution in [1.29, 1.82) is 0 Å². The smallest absolute Gasteiger partial charge is 0.330 e. The molecule has 0 radical (unpaired) electrons. The van der Waals surface area contributed by atoms with Crippen LogP contribution in [0.4, 0.5) is 4.39 Å². The van der Waals surface area contributed by atoms with Crippen LogP contribution >= 0.6 is 0 Å². The van der Waals surface area contributed by atoms with Crippen molar-refractivity contribution >= 4 is 0 Å². The number of aromatic amines is 1. The van der Waals surface area contributed by atoms with Gasteiger partial charge in [0.05, 0.1) is 6.10 Å². The molecule has 0 aliphatic carbocycles. The molecule has 0 bridgehead atoms. The first-order valence-electron chi connectivity index (χ1n) is 6.65. The highest BCUT2D eigenvalue weighted by molar-refractivity contribution is 5.02. The second-order valence-corrected chi connectivity index (χ2v) is 5.24. The van der Waals surface area contributed by atoms with Crippen molar-refractivity contribution in [3.8, 4) is 0 Å². The van der Waals surface area contributed by atoms with Gasteiger partial charge < -0.3 is 9.84 Å². The Morgan fingerprint density at radius 3 is 2.70 bits per heavy atom. The molecule has 0 spiro atoms. The SMILES string of the molecule is CC[C@@]1(C(C)O)O[C@@H](n2ccc(=O)[nH]c2=O)[C@H](F)[C@@H]1C. The van der Waals surface area contributed by atoms with Gasteiger partial charge >= 0.3 is 5.69 Å². The van der Waals surface area contributed by atoms with Crippen LogP contribution < -0.4 is 11.2 Å². The van der Waals surface area contributed by atoms with Gasteiger partial charge in [-0.05, 0) is 13.3 Å². The van der Waals surface area contributed by atoms with Gasteiger partial charge in [-0.3, -0.25) is 14.3 Å². The number of ether oxygens (including phenoxy) is 1.